The van der Waals surface area contributed by atoms with Gasteiger partial charge in [-0.25, -0.2) is 9.48 Å². The Morgan fingerprint density at radius 2 is 1.94 bits per heavy atom. The molecule has 170 valence electrons. The van der Waals surface area contributed by atoms with E-state index in [-0.39, 0.29) is 5.69 Å². The average Bonchev–Trinajstić information content (AvgIpc) is 3.44. The number of anilines is 2. The normalized spacial score (nSPS) is 15.0. The number of benzene rings is 1. The molecule has 3 heterocycles. The Bertz CT molecular complexity index is 1040. The third-order valence-corrected chi connectivity index (χ3v) is 4.96. The molecule has 1 aromatic carbocycles. The predicted molar refractivity (Wildman–Crippen MR) is 111 cm³/mol. The first-order valence-corrected chi connectivity index (χ1v) is 10.0. The SMILES string of the molecule is O=C(Nc1cnn(CCN2CCOCC2)c1)Nc1cc(C(F)(F)F)ccc1-n1cccn1. The zero-order chi connectivity index (χ0) is 22.6. The molecule has 1 fully saturated rings. The number of nitrogens with one attached hydrogen (secondary N) is 2. The van der Waals surface area contributed by atoms with Gasteiger partial charge in [-0.05, 0) is 24.3 Å². The Kier molecular flexibility index (Phi) is 6.42. The number of ether oxygens (including phenoxy) is 1. The number of urea groups is 1. The first-order chi connectivity index (χ1) is 15.4. The first-order valence-electron chi connectivity index (χ1n) is 10.0. The van der Waals surface area contributed by atoms with Crippen LogP contribution in [-0.4, -0.2) is 63.3 Å². The van der Waals surface area contributed by atoms with Crippen molar-refractivity contribution < 1.29 is 22.7 Å². The molecule has 0 radical (unpaired) electrons. The largest absolute Gasteiger partial charge is 0.416 e. The van der Waals surface area contributed by atoms with E-state index < -0.39 is 17.8 Å². The van der Waals surface area contributed by atoms with Crippen LogP contribution in [0.15, 0.2) is 49.1 Å². The van der Waals surface area contributed by atoms with Crippen LogP contribution in [-0.2, 0) is 17.5 Å². The Morgan fingerprint density at radius 3 is 2.66 bits per heavy atom. The van der Waals surface area contributed by atoms with Gasteiger partial charge >= 0.3 is 12.2 Å². The van der Waals surface area contributed by atoms with Crippen LogP contribution in [0.2, 0.25) is 0 Å². The Hall–Kier alpha value is -3.38. The summed E-state index contributed by atoms with van der Waals surface area (Å²) in [7, 11) is 0. The molecule has 0 atom stereocenters. The Balaban J connectivity index is 1.42. The predicted octanol–water partition coefficient (Wildman–Crippen LogP) is 3.06. The number of hydrogen-bond acceptors (Lipinski definition) is 5. The van der Waals surface area contributed by atoms with Gasteiger partial charge < -0.3 is 15.4 Å². The van der Waals surface area contributed by atoms with Gasteiger partial charge in [-0.15, -0.1) is 0 Å². The summed E-state index contributed by atoms with van der Waals surface area (Å²) in [6, 6.07) is 4.02. The van der Waals surface area contributed by atoms with Crippen molar-refractivity contribution in [1.82, 2.24) is 24.5 Å². The van der Waals surface area contributed by atoms with Crippen molar-refractivity contribution in [3.63, 3.8) is 0 Å². The first kappa shape index (κ1) is 21.8. The lowest BCUT2D eigenvalue weighted by molar-refractivity contribution is -0.137. The van der Waals surface area contributed by atoms with Gasteiger partial charge in [0.05, 0.1) is 48.6 Å². The molecule has 0 saturated carbocycles. The van der Waals surface area contributed by atoms with Gasteiger partial charge in [0.2, 0.25) is 0 Å². The van der Waals surface area contributed by atoms with Crippen molar-refractivity contribution in [3.8, 4) is 5.69 Å². The van der Waals surface area contributed by atoms with E-state index in [9.17, 15) is 18.0 Å². The van der Waals surface area contributed by atoms with Crippen molar-refractivity contribution in [3.05, 3.63) is 54.6 Å². The zero-order valence-electron chi connectivity index (χ0n) is 17.0. The van der Waals surface area contributed by atoms with Gasteiger partial charge in [0.1, 0.15) is 0 Å². The number of halogens is 3. The monoisotopic (exact) mass is 449 g/mol. The maximum Gasteiger partial charge on any atom is 0.416 e. The molecule has 1 aliphatic rings. The van der Waals surface area contributed by atoms with Gasteiger partial charge in [0.25, 0.3) is 0 Å². The molecule has 3 aromatic rings. The molecule has 9 nitrogen and oxygen atoms in total. The zero-order valence-corrected chi connectivity index (χ0v) is 17.0. The quantitative estimate of drug-likeness (QED) is 0.604. The summed E-state index contributed by atoms with van der Waals surface area (Å²) in [6.45, 7) is 4.59. The smallest absolute Gasteiger partial charge is 0.379 e. The highest BCUT2D eigenvalue weighted by molar-refractivity contribution is 6.00. The summed E-state index contributed by atoms with van der Waals surface area (Å²) in [5.74, 6) is 0. The average molecular weight is 449 g/mol. The summed E-state index contributed by atoms with van der Waals surface area (Å²) >= 11 is 0. The molecule has 12 heteroatoms. The van der Waals surface area contributed by atoms with E-state index >= 15 is 0 Å². The fourth-order valence-electron chi connectivity index (χ4n) is 3.33. The third kappa shape index (κ3) is 5.45. The second-order valence-corrected chi connectivity index (χ2v) is 7.21. The second-order valence-electron chi connectivity index (χ2n) is 7.21. The van der Waals surface area contributed by atoms with Crippen molar-refractivity contribution >= 4 is 17.4 Å². The number of alkyl halides is 3. The molecule has 2 N–H and O–H groups in total. The highest BCUT2D eigenvalue weighted by atomic mass is 19.4. The van der Waals surface area contributed by atoms with E-state index in [2.05, 4.69) is 25.7 Å². The molecular weight excluding hydrogens is 427 g/mol. The van der Waals surface area contributed by atoms with Crippen molar-refractivity contribution in [2.75, 3.05) is 43.5 Å². The molecule has 2 aromatic heterocycles. The molecule has 0 unspecified atom stereocenters. The van der Waals surface area contributed by atoms with E-state index in [0.717, 1.165) is 31.8 Å². The fraction of sp³-hybridized carbons (Fsp3) is 0.350. The van der Waals surface area contributed by atoms with Crippen LogP contribution in [0, 0.1) is 0 Å². The number of aromatic nitrogens is 4. The second kappa shape index (κ2) is 9.40. The highest BCUT2D eigenvalue weighted by Crippen LogP contribution is 2.33. The van der Waals surface area contributed by atoms with Crippen molar-refractivity contribution in [2.24, 2.45) is 0 Å². The molecule has 2 amide bonds. The summed E-state index contributed by atoms with van der Waals surface area (Å²) in [5, 5.41) is 13.3. The number of amides is 2. The number of nitrogens with zero attached hydrogens (tertiary/aromatic N) is 5. The van der Waals surface area contributed by atoms with Crippen molar-refractivity contribution in [1.29, 1.82) is 0 Å². The molecule has 1 aliphatic heterocycles. The van der Waals surface area contributed by atoms with Crippen molar-refractivity contribution in [2.45, 2.75) is 12.7 Å². The molecule has 1 saturated heterocycles. The molecule has 0 aliphatic carbocycles. The summed E-state index contributed by atoms with van der Waals surface area (Å²) < 4.78 is 47.9. The molecule has 0 spiro atoms. The van der Waals surface area contributed by atoms with Crippen LogP contribution >= 0.6 is 0 Å². The molecular formula is C20H22F3N7O2. The van der Waals surface area contributed by atoms with E-state index in [1.165, 1.54) is 23.1 Å². The molecule has 4 rings (SSSR count). The van der Waals surface area contributed by atoms with Gasteiger partial charge in [0, 0.05) is 38.2 Å². The van der Waals surface area contributed by atoms with Crippen LogP contribution in [0.5, 0.6) is 0 Å². The van der Waals surface area contributed by atoms with E-state index in [4.69, 9.17) is 4.74 Å². The van der Waals surface area contributed by atoms with Crippen LogP contribution in [0.25, 0.3) is 5.69 Å². The fourth-order valence-corrected chi connectivity index (χ4v) is 3.33. The lowest BCUT2D eigenvalue weighted by Crippen LogP contribution is -2.38. The lowest BCUT2D eigenvalue weighted by atomic mass is 10.1. The number of carbonyl (C=O) groups excluding carboxylic acids is 1. The van der Waals surface area contributed by atoms with Gasteiger partial charge in [0.15, 0.2) is 0 Å². The van der Waals surface area contributed by atoms with Crippen LogP contribution in [0.4, 0.5) is 29.3 Å². The number of hydrogen-bond donors (Lipinski definition) is 2. The Labute approximate surface area is 181 Å². The molecule has 0 bridgehead atoms. The minimum absolute atomic E-state index is 0.0271. The minimum atomic E-state index is -4.54. The summed E-state index contributed by atoms with van der Waals surface area (Å²) in [6.07, 6.45) is 1.67. The van der Waals surface area contributed by atoms with E-state index in [0.29, 0.717) is 31.1 Å². The maximum absolute atomic E-state index is 13.2. The van der Waals surface area contributed by atoms with Gasteiger partial charge in [-0.2, -0.15) is 23.4 Å². The van der Waals surface area contributed by atoms with Crippen LogP contribution in [0.3, 0.4) is 0 Å². The highest BCUT2D eigenvalue weighted by Gasteiger charge is 2.31. The topological polar surface area (TPSA) is 89.2 Å². The number of rotatable bonds is 6. The summed E-state index contributed by atoms with van der Waals surface area (Å²) in [5.41, 5.74) is -0.170. The lowest BCUT2D eigenvalue weighted by Gasteiger charge is -2.26. The standard InChI is InChI=1S/C20H22F3N7O2/c21-20(22,23)15-2-3-18(30-5-1-4-24-30)17(12-15)27-19(31)26-16-13-25-29(14-16)7-6-28-8-10-32-11-9-28/h1-5,12-14H,6-11H2,(H2,26,27,31). The Morgan fingerprint density at radius 1 is 1.12 bits per heavy atom. The van der Waals surface area contributed by atoms with Gasteiger partial charge in [-0.1, -0.05) is 0 Å². The number of carbonyl (C=O) groups is 1. The third-order valence-electron chi connectivity index (χ3n) is 4.96. The maximum atomic E-state index is 13.2. The van der Waals surface area contributed by atoms with Crippen LogP contribution < -0.4 is 10.6 Å². The van der Waals surface area contributed by atoms with E-state index in [1.807, 2.05) is 0 Å². The molecule has 32 heavy (non-hydrogen) atoms. The van der Waals surface area contributed by atoms with E-state index in [1.54, 1.807) is 23.1 Å². The van der Waals surface area contributed by atoms with Gasteiger partial charge in [-0.3, -0.25) is 9.58 Å². The number of morpholine rings is 1. The van der Waals surface area contributed by atoms with Crippen LogP contribution in [0.1, 0.15) is 5.56 Å². The summed E-state index contributed by atoms with van der Waals surface area (Å²) in [4.78, 5) is 14.7. The minimum Gasteiger partial charge on any atom is -0.379 e.